The Labute approximate surface area is 197 Å². The van der Waals surface area contributed by atoms with Gasteiger partial charge in [-0.15, -0.1) is 0 Å². The SMILES string of the molecule is c1ccc2c(c1)nc(-c1ccn[nH]1)n2C1CC2CCCC(C1)N2C1CC2CCCCC(C2)C1. The Morgan fingerprint density at radius 1 is 0.727 bits per heavy atom. The normalized spacial score (nSPS) is 34.9. The molecule has 4 unspecified atom stereocenters. The number of aromatic nitrogens is 4. The van der Waals surface area contributed by atoms with Gasteiger partial charge in [0.25, 0.3) is 0 Å². The maximum atomic E-state index is 5.06. The van der Waals surface area contributed by atoms with Crippen LogP contribution in [-0.2, 0) is 0 Å². The molecular weight excluding hydrogens is 406 g/mol. The van der Waals surface area contributed by atoms with Crippen molar-refractivity contribution in [1.29, 1.82) is 0 Å². The summed E-state index contributed by atoms with van der Waals surface area (Å²) in [6, 6.07) is 13.6. The predicted molar refractivity (Wildman–Crippen MR) is 132 cm³/mol. The molecule has 1 aromatic carbocycles. The van der Waals surface area contributed by atoms with Gasteiger partial charge in [-0.2, -0.15) is 5.10 Å². The minimum Gasteiger partial charge on any atom is -0.319 e. The maximum absolute atomic E-state index is 5.06. The molecule has 174 valence electrons. The monoisotopic (exact) mass is 443 g/mol. The molecule has 5 heteroatoms. The van der Waals surface area contributed by atoms with Crippen LogP contribution in [0, 0.1) is 11.8 Å². The highest BCUT2D eigenvalue weighted by atomic mass is 15.3. The zero-order chi connectivity index (χ0) is 21.8. The van der Waals surface area contributed by atoms with Crippen molar-refractivity contribution in [2.24, 2.45) is 11.8 Å². The summed E-state index contributed by atoms with van der Waals surface area (Å²) in [7, 11) is 0. The Bertz CT molecular complexity index is 1070. The molecule has 33 heavy (non-hydrogen) atoms. The first-order valence-corrected chi connectivity index (χ1v) is 13.6. The second-order valence-corrected chi connectivity index (χ2v) is 11.5. The minimum absolute atomic E-state index is 0.521. The summed E-state index contributed by atoms with van der Waals surface area (Å²) >= 11 is 0. The molecule has 7 rings (SSSR count). The highest BCUT2D eigenvalue weighted by Crippen LogP contribution is 2.47. The van der Waals surface area contributed by atoms with E-state index in [2.05, 4.69) is 50.0 Å². The molecule has 0 amide bonds. The number of piperidine rings is 2. The molecule has 4 fully saturated rings. The van der Waals surface area contributed by atoms with E-state index in [1.165, 1.54) is 82.6 Å². The Morgan fingerprint density at radius 3 is 2.21 bits per heavy atom. The van der Waals surface area contributed by atoms with E-state index in [9.17, 15) is 0 Å². The van der Waals surface area contributed by atoms with Crippen LogP contribution in [0.5, 0.6) is 0 Å². The van der Waals surface area contributed by atoms with Crippen molar-refractivity contribution in [2.75, 3.05) is 0 Å². The third-order valence-corrected chi connectivity index (χ3v) is 9.48. The smallest absolute Gasteiger partial charge is 0.159 e. The molecule has 4 aliphatic rings. The first kappa shape index (κ1) is 20.3. The van der Waals surface area contributed by atoms with E-state index in [-0.39, 0.29) is 0 Å². The minimum atomic E-state index is 0.521. The van der Waals surface area contributed by atoms with E-state index in [1.807, 2.05) is 6.20 Å². The lowest BCUT2D eigenvalue weighted by molar-refractivity contribution is -0.0415. The van der Waals surface area contributed by atoms with Gasteiger partial charge in [0.2, 0.25) is 0 Å². The summed E-state index contributed by atoms with van der Waals surface area (Å²) in [5.74, 6) is 3.06. The molecule has 2 aromatic heterocycles. The highest BCUT2D eigenvalue weighted by molar-refractivity contribution is 5.80. The van der Waals surface area contributed by atoms with Gasteiger partial charge >= 0.3 is 0 Å². The largest absolute Gasteiger partial charge is 0.319 e. The third kappa shape index (κ3) is 3.54. The van der Waals surface area contributed by atoms with Crippen LogP contribution in [0.3, 0.4) is 0 Å². The van der Waals surface area contributed by atoms with E-state index in [1.54, 1.807) is 0 Å². The number of nitrogens with one attached hydrogen (secondary N) is 1. The van der Waals surface area contributed by atoms with Crippen LogP contribution in [-0.4, -0.2) is 42.8 Å². The number of H-pyrrole nitrogens is 1. The number of para-hydroxylation sites is 2. The summed E-state index contributed by atoms with van der Waals surface area (Å²) in [4.78, 5) is 8.13. The standard InChI is InChI=1S/C28H37N5/c1-2-7-20-14-19(6-1)15-23(16-20)32-21-8-5-9-22(32)18-24(17-21)33-27-11-4-3-10-25(27)30-28(33)26-12-13-29-31-26/h3-4,10-13,19-24H,1-2,5-9,14-18H2,(H,29,31). The fourth-order valence-electron chi connectivity index (χ4n) is 8.29. The van der Waals surface area contributed by atoms with Gasteiger partial charge in [-0.05, 0) is 75.0 Å². The van der Waals surface area contributed by atoms with Crippen LogP contribution in [0.25, 0.3) is 22.6 Å². The van der Waals surface area contributed by atoms with E-state index >= 15 is 0 Å². The van der Waals surface area contributed by atoms with Crippen LogP contribution in [0.4, 0.5) is 0 Å². The number of nitrogens with zero attached hydrogens (tertiary/aromatic N) is 4. The van der Waals surface area contributed by atoms with Crippen LogP contribution in [0.15, 0.2) is 36.5 Å². The van der Waals surface area contributed by atoms with Crippen LogP contribution < -0.4 is 0 Å². The maximum Gasteiger partial charge on any atom is 0.159 e. The fourth-order valence-corrected chi connectivity index (χ4v) is 8.29. The number of benzene rings is 1. The van der Waals surface area contributed by atoms with Crippen molar-refractivity contribution >= 4 is 11.0 Å². The van der Waals surface area contributed by atoms with E-state index in [0.717, 1.165) is 47.0 Å². The fraction of sp³-hybridized carbons (Fsp3) is 0.643. The highest BCUT2D eigenvalue weighted by Gasteiger charge is 2.45. The second kappa shape index (κ2) is 8.26. The molecule has 2 aliphatic carbocycles. The van der Waals surface area contributed by atoms with Gasteiger partial charge in [0.15, 0.2) is 5.82 Å². The first-order chi connectivity index (χ1) is 16.3. The van der Waals surface area contributed by atoms with Crippen LogP contribution in [0.1, 0.15) is 83.1 Å². The van der Waals surface area contributed by atoms with Crippen molar-refractivity contribution < 1.29 is 0 Å². The Kier molecular flexibility index (Phi) is 5.07. The molecular formula is C28H37N5. The molecule has 4 atom stereocenters. The van der Waals surface area contributed by atoms with E-state index < -0.39 is 0 Å². The second-order valence-electron chi connectivity index (χ2n) is 11.5. The molecule has 5 nitrogen and oxygen atoms in total. The quantitative estimate of drug-likeness (QED) is 0.514. The number of hydrogen-bond acceptors (Lipinski definition) is 3. The summed E-state index contributed by atoms with van der Waals surface area (Å²) in [6.45, 7) is 0. The summed E-state index contributed by atoms with van der Waals surface area (Å²) in [5.41, 5.74) is 3.42. The lowest BCUT2D eigenvalue weighted by atomic mass is 9.73. The Balaban J connectivity index is 1.22. The van der Waals surface area contributed by atoms with Crippen LogP contribution in [0.2, 0.25) is 0 Å². The van der Waals surface area contributed by atoms with Crippen molar-refractivity contribution in [3.05, 3.63) is 36.5 Å². The van der Waals surface area contributed by atoms with Gasteiger partial charge in [0.1, 0.15) is 5.69 Å². The molecule has 2 aliphatic heterocycles. The van der Waals surface area contributed by atoms with Gasteiger partial charge in [-0.3, -0.25) is 10.00 Å². The summed E-state index contributed by atoms with van der Waals surface area (Å²) in [6.07, 6.45) is 19.0. The zero-order valence-electron chi connectivity index (χ0n) is 19.7. The van der Waals surface area contributed by atoms with E-state index in [4.69, 9.17) is 4.98 Å². The van der Waals surface area contributed by atoms with Crippen molar-refractivity contribution in [1.82, 2.24) is 24.6 Å². The van der Waals surface area contributed by atoms with Gasteiger partial charge in [0.05, 0.1) is 11.0 Å². The lowest BCUT2D eigenvalue weighted by Gasteiger charge is -2.54. The Morgan fingerprint density at radius 2 is 1.48 bits per heavy atom. The zero-order valence-corrected chi connectivity index (χ0v) is 19.7. The molecule has 0 radical (unpaired) electrons. The molecule has 4 heterocycles. The predicted octanol–water partition coefficient (Wildman–Crippen LogP) is 6.34. The van der Waals surface area contributed by atoms with Crippen molar-refractivity contribution in [3.8, 4) is 11.5 Å². The van der Waals surface area contributed by atoms with Gasteiger partial charge in [-0.25, -0.2) is 4.98 Å². The molecule has 4 bridgehead atoms. The van der Waals surface area contributed by atoms with Gasteiger partial charge in [0, 0.05) is 30.4 Å². The molecule has 2 saturated heterocycles. The lowest BCUT2D eigenvalue weighted by Crippen LogP contribution is -2.58. The molecule has 0 spiro atoms. The van der Waals surface area contributed by atoms with E-state index in [0.29, 0.717) is 6.04 Å². The Hall–Kier alpha value is -2.14. The average Bonchev–Trinajstić information content (AvgIpc) is 3.45. The number of rotatable bonds is 3. The van der Waals surface area contributed by atoms with Crippen LogP contribution >= 0.6 is 0 Å². The number of hydrogen-bond donors (Lipinski definition) is 1. The van der Waals surface area contributed by atoms with Gasteiger partial charge < -0.3 is 4.57 Å². The van der Waals surface area contributed by atoms with Crippen molar-refractivity contribution in [3.63, 3.8) is 0 Å². The average molecular weight is 444 g/mol. The first-order valence-electron chi connectivity index (χ1n) is 13.6. The number of aromatic amines is 1. The topological polar surface area (TPSA) is 49.7 Å². The molecule has 1 N–H and O–H groups in total. The number of fused-ring (bicyclic) bond motifs is 5. The van der Waals surface area contributed by atoms with Gasteiger partial charge in [-0.1, -0.05) is 44.2 Å². The summed E-state index contributed by atoms with van der Waals surface area (Å²) < 4.78 is 2.56. The molecule has 3 aromatic rings. The third-order valence-electron chi connectivity index (χ3n) is 9.48. The summed E-state index contributed by atoms with van der Waals surface area (Å²) in [5, 5.41) is 7.42. The molecule has 2 saturated carbocycles. The van der Waals surface area contributed by atoms with Crippen molar-refractivity contribution in [2.45, 2.75) is 101 Å². The number of imidazole rings is 1.